The normalized spacial score (nSPS) is 16.9. The maximum atomic E-state index is 12.5. The molecule has 0 saturated carbocycles. The van der Waals surface area contributed by atoms with Crippen LogP contribution in [0.5, 0.6) is 0 Å². The summed E-state index contributed by atoms with van der Waals surface area (Å²) >= 11 is 0. The Morgan fingerprint density at radius 1 is 1.12 bits per heavy atom. The average Bonchev–Trinajstić information content (AvgIpc) is 2.63. The number of carbonyl (C=O) groups is 2. The van der Waals surface area contributed by atoms with Gasteiger partial charge in [0.05, 0.1) is 6.04 Å². The number of piperidine rings is 1. The molecule has 1 N–H and O–H groups in total. The number of amides is 2. The van der Waals surface area contributed by atoms with Crippen LogP contribution in [0.4, 0.5) is 0 Å². The molecule has 1 fully saturated rings. The third kappa shape index (κ3) is 4.59. The van der Waals surface area contributed by atoms with Crippen LogP contribution in [0.25, 0.3) is 0 Å². The van der Waals surface area contributed by atoms with E-state index in [1.54, 1.807) is 0 Å². The number of carbonyl (C=O) groups excluding carboxylic acids is 2. The summed E-state index contributed by atoms with van der Waals surface area (Å²) in [6.45, 7) is 7.55. The fourth-order valence-electron chi connectivity index (χ4n) is 3.41. The lowest BCUT2D eigenvalue weighted by atomic mass is 9.93. The van der Waals surface area contributed by atoms with Gasteiger partial charge in [-0.2, -0.15) is 0 Å². The fourth-order valence-corrected chi connectivity index (χ4v) is 3.41. The van der Waals surface area contributed by atoms with Crippen LogP contribution in [0.1, 0.15) is 58.1 Å². The molecule has 2 amide bonds. The molecule has 0 spiro atoms. The molecule has 1 saturated heterocycles. The maximum Gasteiger partial charge on any atom is 0.225 e. The molecule has 1 heterocycles. The number of benzene rings is 1. The van der Waals surface area contributed by atoms with Gasteiger partial charge in [-0.15, -0.1) is 0 Å². The highest BCUT2D eigenvalue weighted by Gasteiger charge is 2.30. The zero-order valence-corrected chi connectivity index (χ0v) is 15.1. The van der Waals surface area contributed by atoms with E-state index in [0.29, 0.717) is 13.1 Å². The van der Waals surface area contributed by atoms with Crippen LogP contribution in [0.3, 0.4) is 0 Å². The molecule has 0 aliphatic carbocycles. The molecule has 24 heavy (non-hydrogen) atoms. The molecule has 0 radical (unpaired) electrons. The summed E-state index contributed by atoms with van der Waals surface area (Å²) in [7, 11) is 0. The summed E-state index contributed by atoms with van der Waals surface area (Å²) in [5.41, 5.74) is 1.12. The highest BCUT2D eigenvalue weighted by Crippen LogP contribution is 2.22. The Morgan fingerprint density at radius 2 is 1.71 bits per heavy atom. The Balaban J connectivity index is 1.83. The van der Waals surface area contributed by atoms with Crippen molar-refractivity contribution in [3.8, 4) is 0 Å². The third-order valence-electron chi connectivity index (χ3n) is 5.17. The SMILES string of the molecule is CCC(CC)C(=O)N1CCC(C(=O)NC(C)c2ccccc2)CC1. The zero-order valence-electron chi connectivity index (χ0n) is 15.1. The molecule has 0 bridgehead atoms. The summed E-state index contributed by atoms with van der Waals surface area (Å²) in [5.74, 6) is 0.521. The van der Waals surface area contributed by atoms with Crippen molar-refractivity contribution in [3.05, 3.63) is 35.9 Å². The first-order valence-electron chi connectivity index (χ1n) is 9.20. The van der Waals surface area contributed by atoms with Crippen LogP contribution in [-0.2, 0) is 9.59 Å². The molecule has 1 aliphatic heterocycles. The van der Waals surface area contributed by atoms with Crippen molar-refractivity contribution in [2.75, 3.05) is 13.1 Å². The highest BCUT2D eigenvalue weighted by molar-refractivity contribution is 5.81. The summed E-state index contributed by atoms with van der Waals surface area (Å²) in [6, 6.07) is 10.0. The lowest BCUT2D eigenvalue weighted by Gasteiger charge is -2.34. The van der Waals surface area contributed by atoms with Gasteiger partial charge in [0.15, 0.2) is 0 Å². The summed E-state index contributed by atoms with van der Waals surface area (Å²) in [6.07, 6.45) is 3.31. The minimum atomic E-state index is 0.0157. The Hall–Kier alpha value is -1.84. The van der Waals surface area contributed by atoms with Gasteiger partial charge in [-0.1, -0.05) is 44.2 Å². The number of hydrogen-bond donors (Lipinski definition) is 1. The topological polar surface area (TPSA) is 49.4 Å². The van der Waals surface area contributed by atoms with Crippen molar-refractivity contribution in [2.24, 2.45) is 11.8 Å². The second-order valence-corrected chi connectivity index (χ2v) is 6.75. The molecule has 1 aromatic carbocycles. The van der Waals surface area contributed by atoms with Crippen molar-refractivity contribution in [3.63, 3.8) is 0 Å². The third-order valence-corrected chi connectivity index (χ3v) is 5.17. The maximum absolute atomic E-state index is 12.5. The monoisotopic (exact) mass is 330 g/mol. The van der Waals surface area contributed by atoms with Gasteiger partial charge in [0.1, 0.15) is 0 Å². The largest absolute Gasteiger partial charge is 0.349 e. The lowest BCUT2D eigenvalue weighted by Crippen LogP contribution is -2.45. The molecule has 1 aromatic rings. The molecule has 1 atom stereocenters. The molecular weight excluding hydrogens is 300 g/mol. The summed E-state index contributed by atoms with van der Waals surface area (Å²) < 4.78 is 0. The van der Waals surface area contributed by atoms with Gasteiger partial charge in [-0.3, -0.25) is 9.59 Å². The molecule has 0 aromatic heterocycles. The molecule has 132 valence electrons. The van der Waals surface area contributed by atoms with Gasteiger partial charge >= 0.3 is 0 Å². The fraction of sp³-hybridized carbons (Fsp3) is 0.600. The van der Waals surface area contributed by atoms with E-state index in [2.05, 4.69) is 19.2 Å². The van der Waals surface area contributed by atoms with Crippen LogP contribution >= 0.6 is 0 Å². The molecule has 4 heteroatoms. The van der Waals surface area contributed by atoms with Crippen molar-refractivity contribution >= 4 is 11.8 Å². The predicted octanol–water partition coefficient (Wildman–Crippen LogP) is 3.54. The number of nitrogens with zero attached hydrogens (tertiary/aromatic N) is 1. The van der Waals surface area contributed by atoms with Gasteiger partial charge in [-0.05, 0) is 38.2 Å². The van der Waals surface area contributed by atoms with Gasteiger partial charge in [0, 0.05) is 24.9 Å². The van der Waals surface area contributed by atoms with Crippen molar-refractivity contribution in [2.45, 2.75) is 52.5 Å². The second-order valence-electron chi connectivity index (χ2n) is 6.75. The van der Waals surface area contributed by atoms with Crippen LogP contribution in [-0.4, -0.2) is 29.8 Å². The quantitative estimate of drug-likeness (QED) is 0.867. The van der Waals surface area contributed by atoms with E-state index < -0.39 is 0 Å². The Kier molecular flexibility index (Phi) is 6.83. The molecular formula is C20H30N2O2. The van der Waals surface area contributed by atoms with E-state index in [9.17, 15) is 9.59 Å². The summed E-state index contributed by atoms with van der Waals surface area (Å²) in [4.78, 5) is 26.9. The summed E-state index contributed by atoms with van der Waals surface area (Å²) in [5, 5.41) is 3.11. The van der Waals surface area contributed by atoms with Gasteiger partial charge in [0.2, 0.25) is 11.8 Å². The number of nitrogens with one attached hydrogen (secondary N) is 1. The standard InChI is InChI=1S/C20H30N2O2/c1-4-16(5-2)20(24)22-13-11-18(12-14-22)19(23)21-15(3)17-9-7-6-8-10-17/h6-10,15-16,18H,4-5,11-14H2,1-3H3,(H,21,23). The van der Waals surface area contributed by atoms with Crippen LogP contribution in [0.15, 0.2) is 30.3 Å². The minimum absolute atomic E-state index is 0.0157. The van der Waals surface area contributed by atoms with Gasteiger partial charge in [0.25, 0.3) is 0 Å². The number of likely N-dealkylation sites (tertiary alicyclic amines) is 1. The average molecular weight is 330 g/mol. The van der Waals surface area contributed by atoms with E-state index in [1.165, 1.54) is 0 Å². The van der Waals surface area contributed by atoms with Crippen LogP contribution < -0.4 is 5.32 Å². The first kappa shape index (κ1) is 18.5. The molecule has 4 nitrogen and oxygen atoms in total. The lowest BCUT2D eigenvalue weighted by molar-refractivity contribution is -0.139. The molecule has 1 aliphatic rings. The Bertz CT molecular complexity index is 532. The van der Waals surface area contributed by atoms with E-state index in [4.69, 9.17) is 0 Å². The Labute approximate surface area is 145 Å². The Morgan fingerprint density at radius 3 is 2.25 bits per heavy atom. The van der Waals surface area contributed by atoms with Crippen LogP contribution in [0, 0.1) is 11.8 Å². The zero-order chi connectivity index (χ0) is 17.5. The van der Waals surface area contributed by atoms with E-state index in [-0.39, 0.29) is 29.7 Å². The second kappa shape index (κ2) is 8.86. The first-order valence-corrected chi connectivity index (χ1v) is 9.20. The van der Waals surface area contributed by atoms with Crippen molar-refractivity contribution in [1.29, 1.82) is 0 Å². The predicted molar refractivity (Wildman–Crippen MR) is 96.4 cm³/mol. The van der Waals surface area contributed by atoms with Gasteiger partial charge in [-0.25, -0.2) is 0 Å². The number of hydrogen-bond acceptors (Lipinski definition) is 2. The number of rotatable bonds is 6. The first-order chi connectivity index (χ1) is 11.6. The van der Waals surface area contributed by atoms with Crippen molar-refractivity contribution < 1.29 is 9.59 Å². The van der Waals surface area contributed by atoms with Crippen molar-refractivity contribution in [1.82, 2.24) is 10.2 Å². The minimum Gasteiger partial charge on any atom is -0.349 e. The van der Waals surface area contributed by atoms with E-state index in [1.807, 2.05) is 42.2 Å². The van der Waals surface area contributed by atoms with E-state index >= 15 is 0 Å². The van der Waals surface area contributed by atoms with Gasteiger partial charge < -0.3 is 10.2 Å². The van der Waals surface area contributed by atoms with Crippen LogP contribution in [0.2, 0.25) is 0 Å². The highest BCUT2D eigenvalue weighted by atomic mass is 16.2. The smallest absolute Gasteiger partial charge is 0.225 e. The van der Waals surface area contributed by atoms with E-state index in [0.717, 1.165) is 31.2 Å². The molecule has 2 rings (SSSR count). The molecule has 1 unspecified atom stereocenters.